The van der Waals surface area contributed by atoms with Crippen LogP contribution in [-0.4, -0.2) is 18.5 Å². The lowest BCUT2D eigenvalue weighted by Gasteiger charge is -2.18. The maximum atomic E-state index is 12.1. The van der Waals surface area contributed by atoms with Crippen molar-refractivity contribution in [3.8, 4) is 6.07 Å². The predicted molar refractivity (Wildman–Crippen MR) is 103 cm³/mol. The number of hydrogen-bond donors (Lipinski definition) is 1. The Morgan fingerprint density at radius 3 is 2.48 bits per heavy atom. The Hall–Kier alpha value is -3.39. The molecule has 0 aliphatic carbocycles. The average molecular weight is 362 g/mol. The zero-order valence-electron chi connectivity index (χ0n) is 15.2. The molecule has 0 saturated heterocycles. The second kappa shape index (κ2) is 10.6. The van der Waals surface area contributed by atoms with E-state index in [0.717, 1.165) is 24.0 Å². The fourth-order valence-electron chi connectivity index (χ4n) is 2.55. The highest BCUT2D eigenvalue weighted by Gasteiger charge is 2.14. The second-order valence-corrected chi connectivity index (χ2v) is 5.99. The van der Waals surface area contributed by atoms with Gasteiger partial charge in [0.25, 0.3) is 5.91 Å². The Labute approximate surface area is 159 Å². The number of carbonyl (C=O) groups is 2. The summed E-state index contributed by atoms with van der Waals surface area (Å²) in [4.78, 5) is 23.9. The van der Waals surface area contributed by atoms with Crippen molar-refractivity contribution in [3.63, 3.8) is 0 Å². The third kappa shape index (κ3) is 6.79. The summed E-state index contributed by atoms with van der Waals surface area (Å²) in [5.74, 6) is -0.932. The number of nitrogens with one attached hydrogen (secondary N) is 1. The van der Waals surface area contributed by atoms with Gasteiger partial charge in [0, 0.05) is 6.08 Å². The summed E-state index contributed by atoms with van der Waals surface area (Å²) >= 11 is 0. The summed E-state index contributed by atoms with van der Waals surface area (Å²) in [6, 6.07) is 18.4. The first-order valence-electron chi connectivity index (χ1n) is 8.81. The number of esters is 1. The molecular weight excluding hydrogens is 340 g/mol. The van der Waals surface area contributed by atoms with Crippen LogP contribution in [0.2, 0.25) is 0 Å². The molecule has 0 aliphatic rings. The summed E-state index contributed by atoms with van der Waals surface area (Å²) in [5.41, 5.74) is 2.34. The van der Waals surface area contributed by atoms with Crippen LogP contribution in [0.4, 0.5) is 0 Å². The first-order chi connectivity index (χ1) is 13.1. The highest BCUT2D eigenvalue weighted by atomic mass is 16.5. The maximum Gasteiger partial charge on any atom is 0.331 e. The van der Waals surface area contributed by atoms with Crippen molar-refractivity contribution in [2.45, 2.75) is 25.8 Å². The van der Waals surface area contributed by atoms with Crippen LogP contribution in [-0.2, 0) is 14.3 Å². The van der Waals surface area contributed by atoms with Crippen molar-refractivity contribution in [2.24, 2.45) is 0 Å². The van der Waals surface area contributed by atoms with Gasteiger partial charge in [-0.3, -0.25) is 4.79 Å². The highest BCUT2D eigenvalue weighted by Crippen LogP contribution is 2.17. The number of hydrogen-bond acceptors (Lipinski definition) is 4. The molecule has 5 nitrogen and oxygen atoms in total. The number of benzene rings is 2. The molecular formula is C22H22N2O3. The highest BCUT2D eigenvalue weighted by molar-refractivity contribution is 5.89. The molecule has 0 bridgehead atoms. The molecule has 138 valence electrons. The lowest BCUT2D eigenvalue weighted by Crippen LogP contribution is -2.32. The van der Waals surface area contributed by atoms with Gasteiger partial charge in [0.2, 0.25) is 0 Å². The molecule has 0 spiro atoms. The normalized spacial score (nSPS) is 11.6. The van der Waals surface area contributed by atoms with Crippen molar-refractivity contribution < 1.29 is 14.3 Å². The number of rotatable bonds is 8. The molecule has 0 radical (unpaired) electrons. The van der Waals surface area contributed by atoms with Crippen LogP contribution in [0.25, 0.3) is 6.08 Å². The van der Waals surface area contributed by atoms with Crippen LogP contribution < -0.4 is 5.32 Å². The third-order valence-corrected chi connectivity index (χ3v) is 3.91. The summed E-state index contributed by atoms with van der Waals surface area (Å²) in [6.45, 7) is 1.72. The lowest BCUT2D eigenvalue weighted by atomic mass is 10.0. The van der Waals surface area contributed by atoms with Crippen LogP contribution >= 0.6 is 0 Å². The third-order valence-electron chi connectivity index (χ3n) is 3.91. The average Bonchev–Trinajstić information content (AvgIpc) is 2.71. The molecule has 0 saturated carbocycles. The Kier molecular flexibility index (Phi) is 7.80. The zero-order chi connectivity index (χ0) is 19.5. The number of nitriles is 1. The van der Waals surface area contributed by atoms with E-state index in [-0.39, 0.29) is 18.6 Å². The van der Waals surface area contributed by atoms with Gasteiger partial charge in [-0.25, -0.2) is 4.79 Å². The van der Waals surface area contributed by atoms with Crippen LogP contribution in [0, 0.1) is 11.3 Å². The SMILES string of the molecule is CCC[C@@H](NC(=O)COC(=O)/C=C/c1ccc(C#N)cc1)c1ccccc1. The number of ether oxygens (including phenoxy) is 1. The van der Waals surface area contributed by atoms with E-state index in [2.05, 4.69) is 12.2 Å². The summed E-state index contributed by atoms with van der Waals surface area (Å²) in [7, 11) is 0. The molecule has 2 aromatic rings. The quantitative estimate of drug-likeness (QED) is 0.573. The maximum absolute atomic E-state index is 12.1. The molecule has 27 heavy (non-hydrogen) atoms. The zero-order valence-corrected chi connectivity index (χ0v) is 15.2. The molecule has 0 heterocycles. The predicted octanol–water partition coefficient (Wildman–Crippen LogP) is 3.77. The van der Waals surface area contributed by atoms with E-state index in [4.69, 9.17) is 10.00 Å². The fourth-order valence-corrected chi connectivity index (χ4v) is 2.55. The van der Waals surface area contributed by atoms with E-state index < -0.39 is 5.97 Å². The Morgan fingerprint density at radius 1 is 1.15 bits per heavy atom. The van der Waals surface area contributed by atoms with Gasteiger partial charge in [0.05, 0.1) is 17.7 Å². The molecule has 1 atom stereocenters. The smallest absolute Gasteiger partial charge is 0.331 e. The second-order valence-electron chi connectivity index (χ2n) is 5.99. The Balaban J connectivity index is 1.83. The van der Waals surface area contributed by atoms with Crippen LogP contribution in [0.1, 0.15) is 42.5 Å². The van der Waals surface area contributed by atoms with Crippen LogP contribution in [0.15, 0.2) is 60.7 Å². The van der Waals surface area contributed by atoms with Crippen molar-refractivity contribution in [1.29, 1.82) is 5.26 Å². The van der Waals surface area contributed by atoms with E-state index in [1.807, 2.05) is 36.4 Å². The topological polar surface area (TPSA) is 79.2 Å². The van der Waals surface area contributed by atoms with Gasteiger partial charge in [0.1, 0.15) is 0 Å². The first kappa shape index (κ1) is 19.9. The molecule has 1 amide bonds. The summed E-state index contributed by atoms with van der Waals surface area (Å²) < 4.78 is 5.00. The molecule has 0 aromatic heterocycles. The first-order valence-corrected chi connectivity index (χ1v) is 8.81. The molecule has 1 N–H and O–H groups in total. The van der Waals surface area contributed by atoms with Gasteiger partial charge in [-0.1, -0.05) is 55.8 Å². The molecule has 2 aromatic carbocycles. The monoisotopic (exact) mass is 362 g/mol. The van der Waals surface area contributed by atoms with Crippen molar-refractivity contribution in [1.82, 2.24) is 5.32 Å². The minimum absolute atomic E-state index is 0.100. The van der Waals surface area contributed by atoms with Crippen molar-refractivity contribution in [3.05, 3.63) is 77.4 Å². The molecule has 2 rings (SSSR count). The summed E-state index contributed by atoms with van der Waals surface area (Å²) in [6.07, 6.45) is 4.57. The van der Waals surface area contributed by atoms with Crippen molar-refractivity contribution >= 4 is 18.0 Å². The molecule has 5 heteroatoms. The number of carbonyl (C=O) groups excluding carboxylic acids is 2. The van der Waals surface area contributed by atoms with E-state index in [1.54, 1.807) is 30.3 Å². The van der Waals surface area contributed by atoms with Gasteiger partial charge >= 0.3 is 5.97 Å². The van der Waals surface area contributed by atoms with E-state index in [1.165, 1.54) is 6.08 Å². The van der Waals surface area contributed by atoms with Crippen LogP contribution in [0.5, 0.6) is 0 Å². The largest absolute Gasteiger partial charge is 0.452 e. The number of nitrogens with zero attached hydrogens (tertiary/aromatic N) is 1. The minimum atomic E-state index is -0.596. The minimum Gasteiger partial charge on any atom is -0.452 e. The van der Waals surface area contributed by atoms with Gasteiger partial charge in [-0.05, 0) is 35.8 Å². The molecule has 0 fully saturated rings. The standard InChI is InChI=1S/C22H22N2O3/c1-2-6-20(19-7-4-3-5-8-19)24-21(25)16-27-22(26)14-13-17-9-11-18(15-23)12-10-17/h3-5,7-14,20H,2,6,16H2,1H3,(H,24,25)/b14-13+/t20-/m1/s1. The Morgan fingerprint density at radius 2 is 1.85 bits per heavy atom. The fraction of sp³-hybridized carbons (Fsp3) is 0.227. The van der Waals surface area contributed by atoms with E-state index in [0.29, 0.717) is 5.56 Å². The molecule has 0 aliphatic heterocycles. The summed E-state index contributed by atoms with van der Waals surface area (Å²) in [5, 5.41) is 11.7. The van der Waals surface area contributed by atoms with Gasteiger partial charge in [-0.2, -0.15) is 5.26 Å². The van der Waals surface area contributed by atoms with E-state index in [9.17, 15) is 9.59 Å². The van der Waals surface area contributed by atoms with Gasteiger partial charge < -0.3 is 10.1 Å². The van der Waals surface area contributed by atoms with E-state index >= 15 is 0 Å². The van der Waals surface area contributed by atoms with Gasteiger partial charge in [-0.15, -0.1) is 0 Å². The van der Waals surface area contributed by atoms with Crippen LogP contribution in [0.3, 0.4) is 0 Å². The lowest BCUT2D eigenvalue weighted by molar-refractivity contribution is -0.144. The van der Waals surface area contributed by atoms with Crippen molar-refractivity contribution in [2.75, 3.05) is 6.61 Å². The Bertz CT molecular complexity index is 821. The number of amides is 1. The van der Waals surface area contributed by atoms with Gasteiger partial charge in [0.15, 0.2) is 6.61 Å². The molecule has 0 unspecified atom stereocenters.